The predicted molar refractivity (Wildman–Crippen MR) is 64.4 cm³/mol. The summed E-state index contributed by atoms with van der Waals surface area (Å²) in [5, 5.41) is 7.52. The van der Waals surface area contributed by atoms with E-state index in [4.69, 9.17) is 4.42 Å². The lowest BCUT2D eigenvalue weighted by Gasteiger charge is -2.04. The van der Waals surface area contributed by atoms with E-state index in [1.807, 2.05) is 30.8 Å². The minimum Gasteiger partial charge on any atom is -0.444 e. The molecule has 0 aliphatic carbocycles. The molecule has 1 N–H and O–H groups in total. The maximum atomic E-state index is 5.49. The monoisotopic (exact) mass is 234 g/mol. The molecule has 2 rings (SSSR count). The molecule has 5 nitrogen and oxygen atoms in total. The molecule has 2 aromatic rings. The second-order valence-corrected chi connectivity index (χ2v) is 3.99. The Balaban J connectivity index is 1.87. The molecule has 17 heavy (non-hydrogen) atoms. The van der Waals surface area contributed by atoms with Crippen LogP contribution in [-0.4, -0.2) is 14.8 Å². The first-order valence-electron chi connectivity index (χ1n) is 5.85. The van der Waals surface area contributed by atoms with Gasteiger partial charge in [-0.2, -0.15) is 5.10 Å². The molecular weight excluding hydrogens is 216 g/mol. The molecule has 2 aromatic heterocycles. The summed E-state index contributed by atoms with van der Waals surface area (Å²) >= 11 is 0. The Hall–Kier alpha value is -1.62. The second-order valence-electron chi connectivity index (χ2n) is 3.99. The quantitative estimate of drug-likeness (QED) is 0.857. The number of nitrogens with one attached hydrogen (secondary N) is 1. The predicted octanol–water partition coefficient (Wildman–Crippen LogP) is 1.80. The molecule has 0 fully saturated rings. The van der Waals surface area contributed by atoms with E-state index in [9.17, 15) is 0 Å². The number of rotatable bonds is 5. The van der Waals surface area contributed by atoms with Gasteiger partial charge in [0.05, 0.1) is 17.9 Å². The van der Waals surface area contributed by atoms with Gasteiger partial charge < -0.3 is 9.73 Å². The maximum Gasteiger partial charge on any atom is 0.208 e. The molecule has 0 aliphatic rings. The number of aromatic nitrogens is 3. The van der Waals surface area contributed by atoms with Crippen molar-refractivity contribution < 1.29 is 4.42 Å². The molecule has 0 aromatic carbocycles. The normalized spacial score (nSPS) is 11.0. The minimum absolute atomic E-state index is 0.642. The molecule has 0 radical (unpaired) electrons. The van der Waals surface area contributed by atoms with Crippen molar-refractivity contribution in [1.29, 1.82) is 0 Å². The van der Waals surface area contributed by atoms with Crippen molar-refractivity contribution in [1.82, 2.24) is 20.1 Å². The molecule has 0 atom stereocenters. The lowest BCUT2D eigenvalue weighted by atomic mass is 10.4. The minimum atomic E-state index is 0.642. The number of oxazole rings is 1. The number of hydrogen-bond acceptors (Lipinski definition) is 4. The lowest BCUT2D eigenvalue weighted by molar-refractivity contribution is 0.445. The summed E-state index contributed by atoms with van der Waals surface area (Å²) in [6, 6.07) is 2.02. The Morgan fingerprint density at radius 3 is 2.82 bits per heavy atom. The summed E-state index contributed by atoms with van der Waals surface area (Å²) in [4.78, 5) is 4.32. The molecule has 0 unspecified atom stereocenters. The standard InChI is InChI=1S/C12H18N4O/c1-4-16-11(5-6-14-16)7-13-8-12-15-9(2)10(3)17-12/h5-6,13H,4,7-8H2,1-3H3. The van der Waals surface area contributed by atoms with Crippen molar-refractivity contribution in [3.05, 3.63) is 35.3 Å². The molecule has 0 amide bonds. The van der Waals surface area contributed by atoms with E-state index in [1.165, 1.54) is 5.69 Å². The largest absolute Gasteiger partial charge is 0.444 e. The second kappa shape index (κ2) is 5.14. The van der Waals surface area contributed by atoms with Gasteiger partial charge in [0.2, 0.25) is 5.89 Å². The van der Waals surface area contributed by atoms with Crippen molar-refractivity contribution in [2.75, 3.05) is 0 Å². The van der Waals surface area contributed by atoms with E-state index in [0.29, 0.717) is 6.54 Å². The van der Waals surface area contributed by atoms with Gasteiger partial charge in [-0.1, -0.05) is 0 Å². The van der Waals surface area contributed by atoms with E-state index in [1.54, 1.807) is 0 Å². The van der Waals surface area contributed by atoms with Crippen LogP contribution in [0, 0.1) is 13.8 Å². The highest BCUT2D eigenvalue weighted by Gasteiger charge is 2.05. The Labute approximate surface area is 101 Å². The van der Waals surface area contributed by atoms with Crippen LogP contribution in [-0.2, 0) is 19.6 Å². The zero-order valence-corrected chi connectivity index (χ0v) is 10.5. The van der Waals surface area contributed by atoms with E-state index >= 15 is 0 Å². The molecular formula is C12H18N4O. The van der Waals surface area contributed by atoms with Crippen LogP contribution in [0.4, 0.5) is 0 Å². The molecule has 2 heterocycles. The average Bonchev–Trinajstić information content (AvgIpc) is 2.87. The SMILES string of the molecule is CCn1nccc1CNCc1nc(C)c(C)o1. The van der Waals surface area contributed by atoms with E-state index < -0.39 is 0 Å². The summed E-state index contributed by atoms with van der Waals surface area (Å²) in [5.74, 6) is 1.63. The van der Waals surface area contributed by atoms with Gasteiger partial charge >= 0.3 is 0 Å². The number of hydrogen-bond donors (Lipinski definition) is 1. The first-order chi connectivity index (χ1) is 8.20. The molecule has 0 aliphatic heterocycles. The Morgan fingerprint density at radius 2 is 2.18 bits per heavy atom. The fraction of sp³-hybridized carbons (Fsp3) is 0.500. The maximum absolute atomic E-state index is 5.49. The summed E-state index contributed by atoms with van der Waals surface area (Å²) in [5.41, 5.74) is 2.13. The first kappa shape index (κ1) is 11.9. The van der Waals surface area contributed by atoms with Crippen LogP contribution in [0.15, 0.2) is 16.7 Å². The Morgan fingerprint density at radius 1 is 1.35 bits per heavy atom. The fourth-order valence-electron chi connectivity index (χ4n) is 1.71. The third-order valence-electron chi connectivity index (χ3n) is 2.76. The summed E-state index contributed by atoms with van der Waals surface area (Å²) < 4.78 is 7.47. The zero-order valence-electron chi connectivity index (χ0n) is 10.5. The van der Waals surface area contributed by atoms with Crippen LogP contribution < -0.4 is 5.32 Å². The van der Waals surface area contributed by atoms with Crippen LogP contribution in [0.1, 0.15) is 30.0 Å². The van der Waals surface area contributed by atoms with Gasteiger partial charge in [0.15, 0.2) is 0 Å². The van der Waals surface area contributed by atoms with Crippen LogP contribution in [0.2, 0.25) is 0 Å². The van der Waals surface area contributed by atoms with Crippen molar-refractivity contribution in [3.63, 3.8) is 0 Å². The Bertz CT molecular complexity index is 467. The van der Waals surface area contributed by atoms with Crippen LogP contribution in [0.3, 0.4) is 0 Å². The lowest BCUT2D eigenvalue weighted by Crippen LogP contribution is -2.16. The van der Waals surface area contributed by atoms with Crippen molar-refractivity contribution in [2.24, 2.45) is 0 Å². The van der Waals surface area contributed by atoms with Gasteiger partial charge in [0.1, 0.15) is 5.76 Å². The molecule has 0 saturated heterocycles. The third kappa shape index (κ3) is 2.74. The highest BCUT2D eigenvalue weighted by molar-refractivity contribution is 5.05. The zero-order chi connectivity index (χ0) is 12.3. The third-order valence-corrected chi connectivity index (χ3v) is 2.76. The molecule has 5 heteroatoms. The topological polar surface area (TPSA) is 55.9 Å². The number of nitrogens with zero attached hydrogens (tertiary/aromatic N) is 3. The first-order valence-corrected chi connectivity index (χ1v) is 5.85. The Kier molecular flexibility index (Phi) is 3.58. The van der Waals surface area contributed by atoms with Crippen LogP contribution in [0.25, 0.3) is 0 Å². The molecule has 0 spiro atoms. The number of aryl methyl sites for hydroxylation is 3. The molecule has 92 valence electrons. The smallest absolute Gasteiger partial charge is 0.208 e. The summed E-state index contributed by atoms with van der Waals surface area (Å²) in [7, 11) is 0. The van der Waals surface area contributed by atoms with Gasteiger partial charge in [0, 0.05) is 19.3 Å². The molecule has 0 bridgehead atoms. The highest BCUT2D eigenvalue weighted by Crippen LogP contribution is 2.08. The van der Waals surface area contributed by atoms with E-state index in [0.717, 1.165) is 30.4 Å². The van der Waals surface area contributed by atoms with Gasteiger partial charge in [-0.3, -0.25) is 4.68 Å². The van der Waals surface area contributed by atoms with Gasteiger partial charge in [-0.25, -0.2) is 4.98 Å². The van der Waals surface area contributed by atoms with Crippen molar-refractivity contribution in [3.8, 4) is 0 Å². The van der Waals surface area contributed by atoms with Gasteiger partial charge in [-0.05, 0) is 26.8 Å². The van der Waals surface area contributed by atoms with Gasteiger partial charge in [0.25, 0.3) is 0 Å². The van der Waals surface area contributed by atoms with Crippen molar-refractivity contribution in [2.45, 2.75) is 40.4 Å². The fourth-order valence-corrected chi connectivity index (χ4v) is 1.71. The van der Waals surface area contributed by atoms with Crippen molar-refractivity contribution >= 4 is 0 Å². The van der Waals surface area contributed by atoms with E-state index in [2.05, 4.69) is 22.3 Å². The summed E-state index contributed by atoms with van der Waals surface area (Å²) in [6.07, 6.45) is 1.82. The van der Waals surface area contributed by atoms with Crippen LogP contribution in [0.5, 0.6) is 0 Å². The van der Waals surface area contributed by atoms with Gasteiger partial charge in [-0.15, -0.1) is 0 Å². The average molecular weight is 234 g/mol. The molecule has 0 saturated carbocycles. The summed E-state index contributed by atoms with van der Waals surface area (Å²) in [6.45, 7) is 8.27. The van der Waals surface area contributed by atoms with E-state index in [-0.39, 0.29) is 0 Å². The van der Waals surface area contributed by atoms with Crippen LogP contribution >= 0.6 is 0 Å². The highest BCUT2D eigenvalue weighted by atomic mass is 16.4.